The summed E-state index contributed by atoms with van der Waals surface area (Å²) in [6.07, 6.45) is 2.38. The van der Waals surface area contributed by atoms with Gasteiger partial charge in [0.25, 0.3) is 0 Å². The van der Waals surface area contributed by atoms with Crippen molar-refractivity contribution in [1.82, 2.24) is 30.8 Å². The summed E-state index contributed by atoms with van der Waals surface area (Å²) in [7, 11) is 0. The smallest absolute Gasteiger partial charge is 0.237 e. The zero-order valence-corrected chi connectivity index (χ0v) is 12.6. The third-order valence-electron chi connectivity index (χ3n) is 3.23. The fourth-order valence-corrected chi connectivity index (χ4v) is 2.20. The minimum Gasteiger partial charge on any atom is -0.351 e. The van der Waals surface area contributed by atoms with E-state index in [0.29, 0.717) is 11.6 Å². The highest BCUT2D eigenvalue weighted by Crippen LogP contribution is 2.19. The molecule has 7 nitrogen and oxygen atoms in total. The second-order valence-corrected chi connectivity index (χ2v) is 4.98. The number of carbonyl (C=O) groups is 1. The lowest BCUT2D eigenvalue weighted by Gasteiger charge is -2.26. The number of halogens is 2. The van der Waals surface area contributed by atoms with Crippen LogP contribution in [0.1, 0.15) is 12.0 Å². The number of hydrogen-bond donors (Lipinski definition) is 2. The van der Waals surface area contributed by atoms with Gasteiger partial charge in [0.1, 0.15) is 6.33 Å². The van der Waals surface area contributed by atoms with Crippen LogP contribution in [0.2, 0.25) is 5.02 Å². The first-order valence-electron chi connectivity index (χ1n) is 6.27. The van der Waals surface area contributed by atoms with Crippen LogP contribution < -0.4 is 10.6 Å². The molecule has 1 amide bonds. The number of tetrazole rings is 1. The maximum absolute atomic E-state index is 11.8. The van der Waals surface area contributed by atoms with Crippen LogP contribution in [0, 0.1) is 0 Å². The van der Waals surface area contributed by atoms with Crippen LogP contribution >= 0.6 is 24.0 Å². The highest BCUT2D eigenvalue weighted by molar-refractivity contribution is 6.30. The van der Waals surface area contributed by atoms with Crippen molar-refractivity contribution >= 4 is 29.9 Å². The molecule has 0 spiro atoms. The molecule has 2 heterocycles. The summed E-state index contributed by atoms with van der Waals surface area (Å²) in [6.45, 7) is 1.28. The molecule has 112 valence electrons. The molecule has 0 bridgehead atoms. The Morgan fingerprint density at radius 2 is 2.33 bits per heavy atom. The van der Waals surface area contributed by atoms with E-state index in [9.17, 15) is 4.79 Å². The molecule has 1 saturated heterocycles. The molecule has 1 aromatic carbocycles. The van der Waals surface area contributed by atoms with Crippen LogP contribution in [0.15, 0.2) is 24.5 Å². The molecule has 1 aliphatic rings. The second-order valence-electron chi connectivity index (χ2n) is 4.54. The molecule has 9 heteroatoms. The fraction of sp³-hybridized carbons (Fsp3) is 0.333. The van der Waals surface area contributed by atoms with Gasteiger partial charge in [-0.2, -0.15) is 0 Å². The normalized spacial score (nSPS) is 16.7. The Labute approximate surface area is 132 Å². The minimum absolute atomic E-state index is 0. The lowest BCUT2D eigenvalue weighted by Crippen LogP contribution is -2.53. The van der Waals surface area contributed by atoms with Crippen molar-refractivity contribution < 1.29 is 4.79 Å². The standard InChI is InChI=1S/C12H13ClN6O.ClH/c13-9-1-2-11(19-7-16-17-18-19)8(5-9)6-15-12(20)10-3-4-14-10;/h1-2,5,7,10,14H,3-4,6H2,(H,15,20);1H/t10-;/m0./s1. The summed E-state index contributed by atoms with van der Waals surface area (Å²) in [5.74, 6) is -0.00103. The zero-order valence-electron chi connectivity index (χ0n) is 11.0. The van der Waals surface area contributed by atoms with Gasteiger partial charge < -0.3 is 10.6 Å². The summed E-state index contributed by atoms with van der Waals surface area (Å²) >= 11 is 6.01. The van der Waals surface area contributed by atoms with Crippen molar-refractivity contribution in [2.24, 2.45) is 0 Å². The van der Waals surface area contributed by atoms with E-state index in [0.717, 1.165) is 24.2 Å². The Kier molecular flexibility index (Phi) is 5.11. The number of amides is 1. The molecule has 2 aromatic rings. The van der Waals surface area contributed by atoms with Crippen LogP contribution in [0.5, 0.6) is 0 Å². The fourth-order valence-electron chi connectivity index (χ4n) is 2.01. The Balaban J connectivity index is 0.00000161. The number of rotatable bonds is 4. The molecular formula is C12H14Cl2N6O. The van der Waals surface area contributed by atoms with Crippen molar-refractivity contribution in [2.45, 2.75) is 19.0 Å². The molecule has 1 fully saturated rings. The molecule has 0 aliphatic carbocycles. The SMILES string of the molecule is Cl.O=C(NCc1cc(Cl)ccc1-n1cnnn1)[C@@H]1CCN1. The number of aromatic nitrogens is 4. The van der Waals surface area contributed by atoms with Crippen LogP contribution in [0.3, 0.4) is 0 Å². The van der Waals surface area contributed by atoms with Gasteiger partial charge in [0.05, 0.1) is 11.7 Å². The highest BCUT2D eigenvalue weighted by atomic mass is 35.5. The Morgan fingerprint density at radius 3 is 2.95 bits per heavy atom. The van der Waals surface area contributed by atoms with Crippen molar-refractivity contribution in [1.29, 1.82) is 0 Å². The van der Waals surface area contributed by atoms with Gasteiger partial charge in [-0.1, -0.05) is 11.6 Å². The number of nitrogens with zero attached hydrogens (tertiary/aromatic N) is 4. The summed E-state index contributed by atoms with van der Waals surface area (Å²) in [4.78, 5) is 11.8. The largest absolute Gasteiger partial charge is 0.351 e. The highest BCUT2D eigenvalue weighted by Gasteiger charge is 2.24. The minimum atomic E-state index is -0.0781. The monoisotopic (exact) mass is 328 g/mol. The van der Waals surface area contributed by atoms with Gasteiger partial charge in [0.15, 0.2) is 0 Å². The van der Waals surface area contributed by atoms with E-state index in [1.807, 2.05) is 6.07 Å². The van der Waals surface area contributed by atoms with Crippen LogP contribution in [-0.4, -0.2) is 38.7 Å². The third-order valence-corrected chi connectivity index (χ3v) is 3.47. The lowest BCUT2D eigenvalue weighted by molar-refractivity contribution is -0.124. The van der Waals surface area contributed by atoms with Gasteiger partial charge in [-0.05, 0) is 47.2 Å². The Hall–Kier alpha value is -1.70. The molecule has 2 N–H and O–H groups in total. The average Bonchev–Trinajstić information content (AvgIpc) is 2.88. The van der Waals surface area contributed by atoms with E-state index in [-0.39, 0.29) is 24.4 Å². The predicted molar refractivity (Wildman–Crippen MR) is 79.7 cm³/mol. The summed E-state index contributed by atoms with van der Waals surface area (Å²) < 4.78 is 1.54. The van der Waals surface area contributed by atoms with Crippen molar-refractivity contribution in [2.75, 3.05) is 6.54 Å². The molecular weight excluding hydrogens is 315 g/mol. The van der Waals surface area contributed by atoms with E-state index in [4.69, 9.17) is 11.6 Å². The van der Waals surface area contributed by atoms with E-state index >= 15 is 0 Å². The number of carbonyl (C=O) groups excluding carboxylic acids is 1. The molecule has 1 aromatic heterocycles. The topological polar surface area (TPSA) is 84.7 Å². The average molecular weight is 329 g/mol. The first-order chi connectivity index (χ1) is 9.74. The Morgan fingerprint density at radius 1 is 1.52 bits per heavy atom. The second kappa shape index (κ2) is 6.84. The number of benzene rings is 1. The lowest BCUT2D eigenvalue weighted by atomic mass is 10.1. The summed E-state index contributed by atoms with van der Waals surface area (Å²) in [5.41, 5.74) is 1.65. The molecule has 0 unspecified atom stereocenters. The first-order valence-corrected chi connectivity index (χ1v) is 6.65. The van der Waals surface area contributed by atoms with Crippen LogP contribution in [0.4, 0.5) is 0 Å². The molecule has 0 saturated carbocycles. The van der Waals surface area contributed by atoms with E-state index in [1.165, 1.54) is 6.33 Å². The first kappa shape index (κ1) is 15.7. The zero-order chi connectivity index (χ0) is 13.9. The maximum Gasteiger partial charge on any atom is 0.237 e. The van der Waals surface area contributed by atoms with E-state index < -0.39 is 0 Å². The van der Waals surface area contributed by atoms with Crippen LogP contribution in [-0.2, 0) is 11.3 Å². The number of hydrogen-bond acceptors (Lipinski definition) is 5. The molecule has 1 aliphatic heterocycles. The van der Waals surface area contributed by atoms with Crippen molar-refractivity contribution in [3.63, 3.8) is 0 Å². The van der Waals surface area contributed by atoms with Crippen molar-refractivity contribution in [3.05, 3.63) is 35.1 Å². The molecule has 3 rings (SSSR count). The van der Waals surface area contributed by atoms with E-state index in [1.54, 1.807) is 16.8 Å². The quantitative estimate of drug-likeness (QED) is 0.863. The van der Waals surface area contributed by atoms with Gasteiger partial charge in [-0.15, -0.1) is 17.5 Å². The van der Waals surface area contributed by atoms with Gasteiger partial charge in [0.2, 0.25) is 5.91 Å². The summed E-state index contributed by atoms with van der Waals surface area (Å²) in [6, 6.07) is 5.30. The van der Waals surface area contributed by atoms with Crippen LogP contribution in [0.25, 0.3) is 5.69 Å². The van der Waals surface area contributed by atoms with E-state index in [2.05, 4.69) is 26.2 Å². The number of nitrogens with one attached hydrogen (secondary N) is 2. The third kappa shape index (κ3) is 3.49. The molecule has 1 atom stereocenters. The maximum atomic E-state index is 11.8. The van der Waals surface area contributed by atoms with Gasteiger partial charge in [-0.3, -0.25) is 4.79 Å². The van der Waals surface area contributed by atoms with Gasteiger partial charge in [0, 0.05) is 11.6 Å². The molecule has 0 radical (unpaired) electrons. The van der Waals surface area contributed by atoms with Crippen molar-refractivity contribution in [3.8, 4) is 5.69 Å². The summed E-state index contributed by atoms with van der Waals surface area (Å²) in [5, 5.41) is 17.6. The van der Waals surface area contributed by atoms with Gasteiger partial charge in [-0.25, -0.2) is 4.68 Å². The Bertz CT molecular complexity index is 614. The molecule has 21 heavy (non-hydrogen) atoms. The van der Waals surface area contributed by atoms with Gasteiger partial charge >= 0.3 is 0 Å². The predicted octanol–water partition coefficient (Wildman–Crippen LogP) is 0.716.